The number of halogens is 1. The van der Waals surface area contributed by atoms with E-state index in [1.807, 2.05) is 12.1 Å². The van der Waals surface area contributed by atoms with Crippen LogP contribution in [-0.4, -0.2) is 30.9 Å². The molecule has 1 N–H and O–H groups in total. The van der Waals surface area contributed by atoms with Crippen LogP contribution in [0.2, 0.25) is 5.02 Å². The van der Waals surface area contributed by atoms with Gasteiger partial charge in [-0.2, -0.15) is 0 Å². The minimum absolute atomic E-state index is 0.0451. The molecule has 30 heavy (non-hydrogen) atoms. The van der Waals surface area contributed by atoms with E-state index in [9.17, 15) is 9.59 Å². The minimum atomic E-state index is -0.289. The molecule has 3 aromatic heterocycles. The number of hydrogen-bond acceptors (Lipinski definition) is 8. The van der Waals surface area contributed by atoms with Gasteiger partial charge in [0.2, 0.25) is 5.91 Å². The number of aromatic nitrogens is 4. The number of carbonyl (C=O) groups excluding carboxylic acids is 1. The molecule has 1 aromatic carbocycles. The quantitative estimate of drug-likeness (QED) is 0.260. The van der Waals surface area contributed by atoms with Gasteiger partial charge in [0, 0.05) is 23.8 Å². The van der Waals surface area contributed by atoms with E-state index in [0.717, 1.165) is 17.4 Å². The third-order valence-electron chi connectivity index (χ3n) is 4.09. The summed E-state index contributed by atoms with van der Waals surface area (Å²) in [6, 6.07) is 8.73. The molecule has 0 bridgehead atoms. The maximum absolute atomic E-state index is 12.9. The Morgan fingerprint density at radius 3 is 2.77 bits per heavy atom. The van der Waals surface area contributed by atoms with E-state index in [0.29, 0.717) is 36.1 Å². The molecule has 3 heterocycles. The van der Waals surface area contributed by atoms with Gasteiger partial charge in [0.15, 0.2) is 20.6 Å². The zero-order valence-electron chi connectivity index (χ0n) is 15.7. The summed E-state index contributed by atoms with van der Waals surface area (Å²) in [5.74, 6) is 0.687. The summed E-state index contributed by atoms with van der Waals surface area (Å²) in [7, 11) is 1.62. The largest absolute Gasteiger partial charge is 0.360 e. The number of benzene rings is 1. The van der Waals surface area contributed by atoms with Crippen LogP contribution in [0.3, 0.4) is 0 Å². The van der Waals surface area contributed by atoms with E-state index in [2.05, 4.69) is 15.5 Å². The van der Waals surface area contributed by atoms with Gasteiger partial charge in [-0.3, -0.25) is 18.7 Å². The van der Waals surface area contributed by atoms with Crippen molar-refractivity contribution in [2.75, 3.05) is 11.1 Å². The smallest absolute Gasteiger partial charge is 0.273 e. The van der Waals surface area contributed by atoms with E-state index < -0.39 is 0 Å². The Balaban J connectivity index is 1.67. The first-order valence-electron chi connectivity index (χ1n) is 8.58. The molecular weight excluding hydrogens is 466 g/mol. The second-order valence-corrected chi connectivity index (χ2v) is 9.27. The second-order valence-electron chi connectivity index (χ2n) is 6.25. The molecule has 0 spiro atoms. The number of nitrogens with zero attached hydrogens (tertiary/aromatic N) is 4. The molecule has 4 aromatic rings. The molecule has 1 amide bonds. The number of hydrogen-bond donors (Lipinski definition) is 1. The number of rotatable bonds is 5. The summed E-state index contributed by atoms with van der Waals surface area (Å²) in [6.07, 6.45) is 0. The highest BCUT2D eigenvalue weighted by Crippen LogP contribution is 2.26. The van der Waals surface area contributed by atoms with Crippen molar-refractivity contribution >= 4 is 69.0 Å². The predicted molar refractivity (Wildman–Crippen MR) is 121 cm³/mol. The number of aryl methyl sites for hydroxylation is 1. The van der Waals surface area contributed by atoms with Crippen LogP contribution in [0.1, 0.15) is 5.76 Å². The zero-order chi connectivity index (χ0) is 21.4. The van der Waals surface area contributed by atoms with E-state index >= 15 is 0 Å². The highest BCUT2D eigenvalue weighted by atomic mass is 35.5. The number of anilines is 1. The first kappa shape index (κ1) is 20.8. The minimum Gasteiger partial charge on any atom is -0.360 e. The van der Waals surface area contributed by atoms with Gasteiger partial charge in [0.25, 0.3) is 5.56 Å². The average Bonchev–Trinajstić information content (AvgIpc) is 3.26. The molecule has 0 aliphatic rings. The summed E-state index contributed by atoms with van der Waals surface area (Å²) >= 11 is 13.8. The highest BCUT2D eigenvalue weighted by molar-refractivity contribution is 7.99. The predicted octanol–water partition coefficient (Wildman–Crippen LogP) is 4.20. The van der Waals surface area contributed by atoms with Crippen molar-refractivity contribution in [3.05, 3.63) is 55.4 Å². The van der Waals surface area contributed by atoms with Crippen LogP contribution in [0.25, 0.3) is 16.0 Å². The Bertz CT molecular complexity index is 1370. The van der Waals surface area contributed by atoms with E-state index in [1.165, 1.54) is 15.9 Å². The van der Waals surface area contributed by atoms with Crippen molar-refractivity contribution in [2.24, 2.45) is 7.05 Å². The van der Waals surface area contributed by atoms with Gasteiger partial charge in [-0.25, -0.2) is 4.98 Å². The van der Waals surface area contributed by atoms with Crippen molar-refractivity contribution in [1.29, 1.82) is 0 Å². The number of thioether (sulfide) groups is 1. The maximum atomic E-state index is 12.9. The van der Waals surface area contributed by atoms with Gasteiger partial charge in [-0.1, -0.05) is 39.9 Å². The summed E-state index contributed by atoms with van der Waals surface area (Å²) in [4.78, 5) is 29.7. The van der Waals surface area contributed by atoms with Crippen molar-refractivity contribution in [3.63, 3.8) is 0 Å². The van der Waals surface area contributed by atoms with Gasteiger partial charge < -0.3 is 9.84 Å². The number of nitrogens with one attached hydrogen (secondary N) is 1. The van der Waals surface area contributed by atoms with Crippen LogP contribution >= 0.6 is 46.9 Å². The van der Waals surface area contributed by atoms with E-state index in [1.54, 1.807) is 36.7 Å². The van der Waals surface area contributed by atoms with Gasteiger partial charge in [0.1, 0.15) is 10.5 Å². The zero-order valence-corrected chi connectivity index (χ0v) is 18.9. The lowest BCUT2D eigenvalue weighted by atomic mass is 10.3. The lowest BCUT2D eigenvalue weighted by Gasteiger charge is -2.09. The Hall–Kier alpha value is -2.47. The fraction of sp³-hybridized carbons (Fsp3) is 0.167. The van der Waals surface area contributed by atoms with Crippen molar-refractivity contribution < 1.29 is 9.32 Å². The molecule has 4 rings (SSSR count). The summed E-state index contributed by atoms with van der Waals surface area (Å²) in [6.45, 7) is 1.73. The highest BCUT2D eigenvalue weighted by Gasteiger charge is 2.17. The van der Waals surface area contributed by atoms with Gasteiger partial charge in [0.05, 0.1) is 5.75 Å². The van der Waals surface area contributed by atoms with Crippen molar-refractivity contribution in [3.8, 4) is 5.69 Å². The number of thiazole rings is 1. The van der Waals surface area contributed by atoms with Crippen LogP contribution in [-0.2, 0) is 11.8 Å². The molecular formula is C18H14ClN5O3S3. The standard InChI is InChI=1S/C18H14ClN5O3S3/c1-9-7-12(22-27-9)20-13(25)8-29-17-21-15-14(16(26)23(17)2)30-18(28)24(15)11-5-3-10(19)4-6-11/h3-7H,8H2,1-2H3,(H,20,22,25). The van der Waals surface area contributed by atoms with Crippen LogP contribution in [0.4, 0.5) is 5.82 Å². The Morgan fingerprint density at radius 2 is 2.10 bits per heavy atom. The molecule has 12 heteroatoms. The lowest BCUT2D eigenvalue weighted by molar-refractivity contribution is -0.113. The third-order valence-corrected chi connectivity index (χ3v) is 6.72. The summed E-state index contributed by atoms with van der Waals surface area (Å²) in [5, 5.41) is 7.36. The van der Waals surface area contributed by atoms with E-state index in [4.69, 9.17) is 28.3 Å². The topological polar surface area (TPSA) is 95.0 Å². The van der Waals surface area contributed by atoms with Crippen LogP contribution in [0, 0.1) is 10.9 Å². The third kappa shape index (κ3) is 4.06. The fourth-order valence-corrected chi connectivity index (χ4v) is 4.93. The molecule has 0 saturated heterocycles. The molecule has 0 aliphatic heterocycles. The Morgan fingerprint density at radius 1 is 1.37 bits per heavy atom. The summed E-state index contributed by atoms with van der Waals surface area (Å²) in [5.41, 5.74) is 0.982. The fourth-order valence-electron chi connectivity index (χ4n) is 2.69. The van der Waals surface area contributed by atoms with Gasteiger partial charge in [-0.05, 0) is 43.4 Å². The molecule has 0 atom stereocenters. The Kier molecular flexibility index (Phi) is 5.78. The van der Waals surface area contributed by atoms with Gasteiger partial charge >= 0.3 is 0 Å². The molecule has 8 nitrogen and oxygen atoms in total. The van der Waals surface area contributed by atoms with Gasteiger partial charge in [-0.15, -0.1) is 0 Å². The Labute approximate surface area is 188 Å². The van der Waals surface area contributed by atoms with Crippen molar-refractivity contribution in [2.45, 2.75) is 12.1 Å². The first-order valence-corrected chi connectivity index (χ1v) is 11.2. The number of amides is 1. The maximum Gasteiger partial charge on any atom is 0.273 e. The molecule has 0 saturated carbocycles. The molecule has 0 fully saturated rings. The lowest BCUT2D eigenvalue weighted by Crippen LogP contribution is -2.21. The van der Waals surface area contributed by atoms with Crippen LogP contribution < -0.4 is 10.9 Å². The van der Waals surface area contributed by atoms with Crippen molar-refractivity contribution in [1.82, 2.24) is 19.3 Å². The number of fused-ring (bicyclic) bond motifs is 1. The second kappa shape index (κ2) is 8.34. The molecule has 0 unspecified atom stereocenters. The molecule has 0 aliphatic carbocycles. The summed E-state index contributed by atoms with van der Waals surface area (Å²) < 4.78 is 9.02. The molecule has 0 radical (unpaired) electrons. The first-order chi connectivity index (χ1) is 14.3. The normalized spacial score (nSPS) is 11.2. The van der Waals surface area contributed by atoms with E-state index in [-0.39, 0.29) is 17.2 Å². The van der Waals surface area contributed by atoms with Crippen LogP contribution in [0.15, 0.2) is 44.8 Å². The molecule has 154 valence electrons. The monoisotopic (exact) mass is 479 g/mol. The number of carbonyl (C=O) groups is 1. The average molecular weight is 480 g/mol. The SMILES string of the molecule is Cc1cc(NC(=O)CSc2nc3c(sc(=S)n3-c3ccc(Cl)cc3)c(=O)n2C)no1. The van der Waals surface area contributed by atoms with Crippen LogP contribution in [0.5, 0.6) is 0 Å².